The highest BCUT2D eigenvalue weighted by atomic mass is 32.2. The van der Waals surface area contributed by atoms with Crippen LogP contribution < -0.4 is 14.8 Å². The lowest BCUT2D eigenvalue weighted by Gasteiger charge is -2.19. The molecule has 0 aromatic heterocycles. The summed E-state index contributed by atoms with van der Waals surface area (Å²) in [5.74, 6) is -1.72. The largest absolute Gasteiger partial charge is 0.480 e. The van der Waals surface area contributed by atoms with E-state index in [0.29, 0.717) is 5.56 Å². The molecular weight excluding hydrogens is 449 g/mol. The molecule has 0 heterocycles. The number of ether oxygens (including phenoxy) is 2. The maximum absolute atomic E-state index is 12.9. The summed E-state index contributed by atoms with van der Waals surface area (Å²) in [7, 11) is -4.13. The molecule has 11 nitrogen and oxygen atoms in total. The highest BCUT2D eigenvalue weighted by Crippen LogP contribution is 2.07. The number of carboxylic acids is 1. The first kappa shape index (κ1) is 27.1. The summed E-state index contributed by atoms with van der Waals surface area (Å²) >= 11 is 0. The number of unbranched alkanes of at least 4 members (excludes halogenated alkanes) is 1. The number of halogens is 1. The summed E-state index contributed by atoms with van der Waals surface area (Å²) in [5, 5.41) is 11.4. The van der Waals surface area contributed by atoms with Gasteiger partial charge in [0.25, 0.3) is 0 Å². The van der Waals surface area contributed by atoms with Gasteiger partial charge in [-0.3, -0.25) is 0 Å². The van der Waals surface area contributed by atoms with Crippen molar-refractivity contribution in [2.45, 2.75) is 58.3 Å². The predicted molar refractivity (Wildman–Crippen MR) is 111 cm³/mol. The molecule has 0 aliphatic carbocycles. The average Bonchev–Trinajstić information content (AvgIpc) is 2.64. The second-order valence-electron chi connectivity index (χ2n) is 7.74. The minimum absolute atomic E-state index is 0.0161. The lowest BCUT2D eigenvalue weighted by Crippen LogP contribution is -2.43. The SMILES string of the molecule is CC(C)(C)OC(=O)NS(=O)(=O)NCCCCC(NC(=O)OCc1ccc(F)cc1)C(=O)O. The molecule has 13 heteroatoms. The molecule has 0 spiro atoms. The molecule has 1 aromatic rings. The molecule has 4 N–H and O–H groups in total. The molecule has 0 saturated carbocycles. The van der Waals surface area contributed by atoms with Crippen LogP contribution in [-0.2, 0) is 31.1 Å². The topological polar surface area (TPSA) is 160 Å². The molecule has 0 bridgehead atoms. The van der Waals surface area contributed by atoms with Gasteiger partial charge in [0.05, 0.1) is 0 Å². The van der Waals surface area contributed by atoms with Crippen molar-refractivity contribution in [3.63, 3.8) is 0 Å². The summed E-state index contributed by atoms with van der Waals surface area (Å²) in [6.45, 7) is 4.51. The molecular formula is C19H28FN3O8S. The first-order chi connectivity index (χ1) is 14.8. The fourth-order valence-electron chi connectivity index (χ4n) is 2.30. The van der Waals surface area contributed by atoms with Crippen LogP contribution in [-0.4, -0.2) is 49.9 Å². The van der Waals surface area contributed by atoms with Gasteiger partial charge >= 0.3 is 28.4 Å². The lowest BCUT2D eigenvalue weighted by molar-refractivity contribution is -0.139. The van der Waals surface area contributed by atoms with Gasteiger partial charge in [0, 0.05) is 6.54 Å². The van der Waals surface area contributed by atoms with Gasteiger partial charge in [-0.15, -0.1) is 0 Å². The Morgan fingerprint density at radius 2 is 1.72 bits per heavy atom. The second kappa shape index (κ2) is 12.2. The Morgan fingerprint density at radius 1 is 1.09 bits per heavy atom. The van der Waals surface area contributed by atoms with E-state index in [4.69, 9.17) is 9.47 Å². The molecule has 0 aliphatic rings. The summed E-state index contributed by atoms with van der Waals surface area (Å²) in [6, 6.07) is 4.01. The van der Waals surface area contributed by atoms with Gasteiger partial charge in [-0.05, 0) is 57.7 Å². The van der Waals surface area contributed by atoms with Crippen molar-refractivity contribution in [3.8, 4) is 0 Å². The minimum atomic E-state index is -4.13. The Balaban J connectivity index is 2.34. The summed E-state index contributed by atoms with van der Waals surface area (Å²) in [4.78, 5) is 34.6. The van der Waals surface area contributed by atoms with Gasteiger partial charge in [-0.1, -0.05) is 12.1 Å². The molecule has 0 saturated heterocycles. The summed E-state index contributed by atoms with van der Waals surface area (Å²) < 4.78 is 50.0. The van der Waals surface area contributed by atoms with Crippen molar-refractivity contribution in [2.75, 3.05) is 6.54 Å². The van der Waals surface area contributed by atoms with Gasteiger partial charge in [0.2, 0.25) is 0 Å². The maximum Gasteiger partial charge on any atom is 0.422 e. The van der Waals surface area contributed by atoms with E-state index in [9.17, 15) is 32.3 Å². The normalized spacial score (nSPS) is 12.5. The molecule has 1 atom stereocenters. The van der Waals surface area contributed by atoms with E-state index < -0.39 is 45.8 Å². The summed E-state index contributed by atoms with van der Waals surface area (Å²) in [5.41, 5.74) is -0.334. The Kier molecular flexibility index (Phi) is 10.3. The Morgan fingerprint density at radius 3 is 2.28 bits per heavy atom. The average molecular weight is 478 g/mol. The predicted octanol–water partition coefficient (Wildman–Crippen LogP) is 2.03. The monoisotopic (exact) mass is 477 g/mol. The van der Waals surface area contributed by atoms with E-state index in [1.54, 1.807) is 25.5 Å². The van der Waals surface area contributed by atoms with E-state index in [1.165, 1.54) is 24.3 Å². The third kappa shape index (κ3) is 12.1. The molecule has 2 amide bonds. The van der Waals surface area contributed by atoms with E-state index in [0.717, 1.165) is 0 Å². The molecule has 0 radical (unpaired) electrons. The van der Waals surface area contributed by atoms with Crippen molar-refractivity contribution in [1.82, 2.24) is 14.8 Å². The molecule has 32 heavy (non-hydrogen) atoms. The van der Waals surface area contributed by atoms with Crippen LogP contribution in [0.1, 0.15) is 45.6 Å². The lowest BCUT2D eigenvalue weighted by atomic mass is 10.1. The van der Waals surface area contributed by atoms with Crippen LogP contribution in [0.15, 0.2) is 24.3 Å². The van der Waals surface area contributed by atoms with Gasteiger partial charge in [0.15, 0.2) is 0 Å². The van der Waals surface area contributed by atoms with Crippen LogP contribution in [0.2, 0.25) is 0 Å². The quantitative estimate of drug-likeness (QED) is 0.352. The zero-order chi connectivity index (χ0) is 24.4. The number of benzene rings is 1. The fraction of sp³-hybridized carbons (Fsp3) is 0.526. The first-order valence-corrected chi connectivity index (χ1v) is 11.2. The number of carbonyl (C=O) groups excluding carboxylic acids is 2. The number of alkyl carbamates (subject to hydrolysis) is 1. The Bertz CT molecular complexity index is 885. The number of amides is 2. The summed E-state index contributed by atoms with van der Waals surface area (Å²) in [6.07, 6.45) is -1.57. The van der Waals surface area contributed by atoms with Crippen LogP contribution >= 0.6 is 0 Å². The third-order valence-electron chi connectivity index (χ3n) is 3.70. The standard InChI is InChI=1S/C19H28FN3O8S/c1-19(2,3)31-18(27)23-32(28,29)21-11-5-4-6-15(16(24)25)22-17(26)30-12-13-7-9-14(20)10-8-13/h7-10,15,21H,4-6,11-12H2,1-3H3,(H,22,26)(H,23,27)(H,24,25). The van der Waals surface area contributed by atoms with E-state index in [2.05, 4.69) is 10.0 Å². The second-order valence-corrected chi connectivity index (χ2v) is 9.23. The van der Waals surface area contributed by atoms with E-state index in [1.807, 2.05) is 0 Å². The number of aliphatic carboxylic acids is 1. The van der Waals surface area contributed by atoms with Gasteiger partial charge in [-0.2, -0.15) is 13.1 Å². The molecule has 1 aromatic carbocycles. The maximum atomic E-state index is 12.9. The van der Waals surface area contributed by atoms with E-state index >= 15 is 0 Å². The number of nitrogens with one attached hydrogen (secondary N) is 3. The van der Waals surface area contributed by atoms with Crippen LogP contribution in [0, 0.1) is 5.82 Å². The number of hydrogen-bond acceptors (Lipinski definition) is 7. The van der Waals surface area contributed by atoms with E-state index in [-0.39, 0.29) is 32.4 Å². The van der Waals surface area contributed by atoms with Gasteiger partial charge < -0.3 is 19.9 Å². The third-order valence-corrected chi connectivity index (χ3v) is 4.72. The first-order valence-electron chi connectivity index (χ1n) is 9.68. The van der Waals surface area contributed by atoms with Crippen LogP contribution in [0.4, 0.5) is 14.0 Å². The molecule has 0 aliphatic heterocycles. The van der Waals surface area contributed by atoms with Crippen molar-refractivity contribution >= 4 is 28.4 Å². The Hall–Kier alpha value is -2.93. The van der Waals surface area contributed by atoms with Crippen LogP contribution in [0.5, 0.6) is 0 Å². The number of hydrogen-bond donors (Lipinski definition) is 4. The van der Waals surface area contributed by atoms with Crippen LogP contribution in [0.3, 0.4) is 0 Å². The fourth-order valence-corrected chi connectivity index (χ4v) is 3.04. The molecule has 0 fully saturated rings. The highest BCUT2D eigenvalue weighted by Gasteiger charge is 2.22. The molecule has 1 rings (SSSR count). The molecule has 180 valence electrons. The number of carbonyl (C=O) groups is 3. The van der Waals surface area contributed by atoms with Crippen molar-refractivity contribution in [2.24, 2.45) is 0 Å². The van der Waals surface area contributed by atoms with Crippen LogP contribution in [0.25, 0.3) is 0 Å². The molecule has 1 unspecified atom stereocenters. The zero-order valence-electron chi connectivity index (χ0n) is 18.0. The number of carboxylic acid groups (broad SMARTS) is 1. The van der Waals surface area contributed by atoms with Crippen molar-refractivity contribution < 1.29 is 41.8 Å². The highest BCUT2D eigenvalue weighted by molar-refractivity contribution is 7.88. The van der Waals surface area contributed by atoms with Gasteiger partial charge in [0.1, 0.15) is 24.1 Å². The van der Waals surface area contributed by atoms with Crippen molar-refractivity contribution in [1.29, 1.82) is 0 Å². The van der Waals surface area contributed by atoms with Gasteiger partial charge in [-0.25, -0.2) is 23.5 Å². The van der Waals surface area contributed by atoms with Crippen molar-refractivity contribution in [3.05, 3.63) is 35.6 Å². The number of rotatable bonds is 11. The smallest absolute Gasteiger partial charge is 0.422 e. The minimum Gasteiger partial charge on any atom is -0.480 e. The Labute approximate surface area is 185 Å². The zero-order valence-corrected chi connectivity index (χ0v) is 18.8.